The number of nitrogens with zero attached hydrogens (tertiary/aromatic N) is 3. The summed E-state index contributed by atoms with van der Waals surface area (Å²) in [5.74, 6) is -0.155. The second kappa shape index (κ2) is 17.0. The molecule has 5 amide bonds. The number of rotatable bonds is 11. The van der Waals surface area contributed by atoms with Crippen molar-refractivity contribution >= 4 is 29.9 Å². The Morgan fingerprint density at radius 2 is 1.35 bits per heavy atom. The summed E-state index contributed by atoms with van der Waals surface area (Å²) in [5, 5.41) is 8.54. The van der Waals surface area contributed by atoms with Crippen LogP contribution in [-0.2, 0) is 30.3 Å². The van der Waals surface area contributed by atoms with E-state index in [-0.39, 0.29) is 41.6 Å². The van der Waals surface area contributed by atoms with Gasteiger partial charge in [-0.3, -0.25) is 14.4 Å². The van der Waals surface area contributed by atoms with Crippen LogP contribution < -0.4 is 16.0 Å². The largest absolute Gasteiger partial charge is 0.453 e. The molecule has 2 aliphatic heterocycles. The number of aromatic nitrogens is 2. The molecule has 4 N–H and O–H groups in total. The Labute approximate surface area is 322 Å². The smallest absolute Gasteiger partial charge is 0.407 e. The third-order valence-electron chi connectivity index (χ3n) is 11.1. The van der Waals surface area contributed by atoms with E-state index >= 15 is 0 Å². The maximum atomic E-state index is 13.6. The molecule has 3 aliphatic rings. The summed E-state index contributed by atoms with van der Waals surface area (Å²) in [6.45, 7) is 8.55. The highest BCUT2D eigenvalue weighted by molar-refractivity contribution is 5.92. The highest BCUT2D eigenvalue weighted by atomic mass is 16.5. The van der Waals surface area contributed by atoms with E-state index in [1.807, 2.05) is 27.7 Å². The number of benzene rings is 2. The quantitative estimate of drug-likeness (QED) is 0.205. The van der Waals surface area contributed by atoms with Crippen molar-refractivity contribution in [2.24, 2.45) is 11.8 Å². The summed E-state index contributed by atoms with van der Waals surface area (Å²) in [6, 6.07) is 12.2. The number of imidazole rings is 1. The molecule has 0 bridgehead atoms. The van der Waals surface area contributed by atoms with E-state index in [1.54, 1.807) is 16.0 Å². The molecule has 1 aliphatic carbocycles. The van der Waals surface area contributed by atoms with Gasteiger partial charge in [-0.05, 0) is 78.2 Å². The van der Waals surface area contributed by atoms with Crippen molar-refractivity contribution in [2.45, 2.75) is 96.4 Å². The van der Waals surface area contributed by atoms with Crippen LogP contribution >= 0.6 is 0 Å². The van der Waals surface area contributed by atoms with Gasteiger partial charge in [0.05, 0.1) is 38.2 Å². The van der Waals surface area contributed by atoms with Gasteiger partial charge < -0.3 is 40.2 Å². The number of fused-ring (bicyclic) bond motifs is 1. The van der Waals surface area contributed by atoms with Crippen molar-refractivity contribution in [3.63, 3.8) is 0 Å². The van der Waals surface area contributed by atoms with Crippen molar-refractivity contribution in [1.29, 1.82) is 0 Å². The summed E-state index contributed by atoms with van der Waals surface area (Å²) >= 11 is 0. The number of methoxy groups -OCH3 is 2. The predicted octanol–water partition coefficient (Wildman–Crippen LogP) is 5.26. The maximum Gasteiger partial charge on any atom is 0.407 e. The van der Waals surface area contributed by atoms with E-state index in [4.69, 9.17) is 9.47 Å². The third kappa shape index (κ3) is 8.47. The number of aryl methyl sites for hydroxylation is 1. The van der Waals surface area contributed by atoms with E-state index in [2.05, 4.69) is 68.4 Å². The van der Waals surface area contributed by atoms with Crippen molar-refractivity contribution in [3.8, 4) is 22.4 Å². The first-order valence-electron chi connectivity index (χ1n) is 19.3. The van der Waals surface area contributed by atoms with Crippen LogP contribution in [0.4, 0.5) is 9.59 Å². The van der Waals surface area contributed by atoms with Crippen LogP contribution in [0.3, 0.4) is 0 Å². The van der Waals surface area contributed by atoms with Crippen LogP contribution in [0.2, 0.25) is 0 Å². The van der Waals surface area contributed by atoms with E-state index < -0.39 is 30.3 Å². The topological polar surface area (TPSA) is 175 Å². The van der Waals surface area contributed by atoms with Gasteiger partial charge in [0.25, 0.3) is 0 Å². The van der Waals surface area contributed by atoms with Crippen LogP contribution in [0.25, 0.3) is 22.4 Å². The molecule has 4 unspecified atom stereocenters. The van der Waals surface area contributed by atoms with E-state index in [0.717, 1.165) is 53.6 Å². The lowest BCUT2D eigenvalue weighted by Gasteiger charge is -2.30. The molecule has 0 spiro atoms. The molecule has 3 heterocycles. The number of likely N-dealkylation sites (tertiary alicyclic amines) is 2. The summed E-state index contributed by atoms with van der Waals surface area (Å²) in [7, 11) is 2.54. The fraction of sp³-hybridized carbons (Fsp3) is 0.512. The molecule has 0 saturated carbocycles. The molecule has 14 heteroatoms. The van der Waals surface area contributed by atoms with Gasteiger partial charge >= 0.3 is 12.2 Å². The predicted molar refractivity (Wildman–Crippen MR) is 205 cm³/mol. The number of nitrogens with one attached hydrogen (secondary N) is 4. The molecule has 2 aromatic carbocycles. The number of aromatic amines is 1. The number of amides is 5. The Bertz CT molecular complexity index is 1890. The highest BCUT2D eigenvalue weighted by Crippen LogP contribution is 2.36. The first-order valence-corrected chi connectivity index (χ1v) is 19.3. The normalized spacial score (nSPS) is 20.3. The Balaban J connectivity index is 1.09. The van der Waals surface area contributed by atoms with Gasteiger partial charge in [0.1, 0.15) is 23.9 Å². The zero-order valence-corrected chi connectivity index (χ0v) is 32.5. The number of hydrogen-bond acceptors (Lipinski definition) is 8. The van der Waals surface area contributed by atoms with Crippen molar-refractivity contribution in [2.75, 3.05) is 27.3 Å². The van der Waals surface area contributed by atoms with Gasteiger partial charge in [0.2, 0.25) is 17.7 Å². The zero-order valence-electron chi connectivity index (χ0n) is 32.5. The molecule has 55 heavy (non-hydrogen) atoms. The van der Waals surface area contributed by atoms with Crippen molar-refractivity contribution in [1.82, 2.24) is 35.7 Å². The second-order valence-corrected chi connectivity index (χ2v) is 15.4. The molecule has 5 atom stereocenters. The average molecular weight is 756 g/mol. The van der Waals surface area contributed by atoms with E-state index in [0.29, 0.717) is 31.8 Å². The first-order chi connectivity index (χ1) is 26.4. The number of ether oxygens (including phenoxy) is 2. The molecule has 2 fully saturated rings. The Kier molecular flexibility index (Phi) is 12.1. The molecular weight excluding hydrogens is 702 g/mol. The van der Waals surface area contributed by atoms with E-state index in [1.165, 1.54) is 19.8 Å². The van der Waals surface area contributed by atoms with Crippen molar-refractivity contribution in [3.05, 3.63) is 65.6 Å². The van der Waals surface area contributed by atoms with Gasteiger partial charge in [-0.2, -0.15) is 0 Å². The average Bonchev–Trinajstić information content (AvgIpc) is 4.02. The van der Waals surface area contributed by atoms with Crippen molar-refractivity contribution < 1.29 is 33.4 Å². The molecule has 6 rings (SSSR count). The lowest BCUT2D eigenvalue weighted by atomic mass is 9.98. The molecule has 3 aromatic rings. The Morgan fingerprint density at radius 3 is 1.98 bits per heavy atom. The van der Waals surface area contributed by atoms with Gasteiger partial charge in [0.15, 0.2) is 0 Å². The van der Waals surface area contributed by atoms with Crippen LogP contribution in [0, 0.1) is 11.8 Å². The van der Waals surface area contributed by atoms with Crippen LogP contribution in [0.1, 0.15) is 88.8 Å². The third-order valence-corrected chi connectivity index (χ3v) is 11.1. The Morgan fingerprint density at radius 1 is 0.764 bits per heavy atom. The van der Waals surface area contributed by atoms with Crippen LogP contribution in [-0.4, -0.2) is 95.1 Å². The number of alkyl carbamates (subject to hydrolysis) is 2. The summed E-state index contributed by atoms with van der Waals surface area (Å²) in [6.07, 6.45) is 5.00. The van der Waals surface area contributed by atoms with Gasteiger partial charge in [0, 0.05) is 13.1 Å². The molecule has 2 saturated heterocycles. The minimum Gasteiger partial charge on any atom is -0.453 e. The lowest BCUT2D eigenvalue weighted by molar-refractivity contribution is -0.141. The fourth-order valence-corrected chi connectivity index (χ4v) is 8.08. The van der Waals surface area contributed by atoms with Gasteiger partial charge in [-0.15, -0.1) is 0 Å². The number of carbonyl (C=O) groups excluding carboxylic acids is 5. The first kappa shape index (κ1) is 39.3. The fourth-order valence-electron chi connectivity index (χ4n) is 8.08. The highest BCUT2D eigenvalue weighted by Gasteiger charge is 2.40. The van der Waals surface area contributed by atoms with Gasteiger partial charge in [-0.1, -0.05) is 70.2 Å². The van der Waals surface area contributed by atoms with Crippen LogP contribution in [0.5, 0.6) is 0 Å². The SMILES string of the molecule is COC(=O)NC(C(=O)N1CCCC1C(=O)NC1CCc2cc(-c3ccc(-c4cnc(C5CCCN5C(=O)[C@@H](NC(=O)OC)C(C)C)[nH]4)cc3)ccc21)C(C)C. The maximum absolute atomic E-state index is 13.6. The van der Waals surface area contributed by atoms with E-state index in [9.17, 15) is 24.0 Å². The molecule has 0 radical (unpaired) electrons. The molecular formula is C41H53N7O7. The van der Waals surface area contributed by atoms with Crippen LogP contribution in [0.15, 0.2) is 48.7 Å². The second-order valence-electron chi connectivity index (χ2n) is 15.4. The molecule has 294 valence electrons. The summed E-state index contributed by atoms with van der Waals surface area (Å²) < 4.78 is 9.47. The standard InChI is InChI=1S/C41H53N7O7/c1-23(2)34(45-40(52)54-5)38(50)47-19-7-9-32(47)36-42-22-31(43-36)26-13-11-25(12-14-26)27-15-17-29-28(21-27)16-18-30(29)44-37(49)33-10-8-20-48(33)39(51)35(24(3)4)46-41(53)55-6/h11-15,17,21-24,30,32-35H,7-10,16,18-20H2,1-6H3,(H,42,43)(H,44,49)(H,45,52)(H,46,53)/t30?,32?,33?,34-,35?/m0/s1. The summed E-state index contributed by atoms with van der Waals surface area (Å²) in [4.78, 5) is 76.0. The minimum absolute atomic E-state index is 0.110. The molecule has 14 nitrogen and oxygen atoms in total. The number of hydrogen-bond donors (Lipinski definition) is 4. The minimum atomic E-state index is -0.778. The summed E-state index contributed by atoms with van der Waals surface area (Å²) in [5.41, 5.74) is 6.22. The Hall–Kier alpha value is -5.40. The lowest BCUT2D eigenvalue weighted by Crippen LogP contribution is -2.55. The zero-order chi connectivity index (χ0) is 39.4. The molecule has 1 aromatic heterocycles. The van der Waals surface area contributed by atoms with Gasteiger partial charge in [-0.25, -0.2) is 14.6 Å². The monoisotopic (exact) mass is 755 g/mol. The number of carbonyl (C=O) groups is 5. The number of H-pyrrole nitrogens is 1.